The van der Waals surface area contributed by atoms with Gasteiger partial charge in [-0.05, 0) is 12.1 Å². The number of nitrogens with zero attached hydrogens (tertiary/aromatic N) is 4. The van der Waals surface area contributed by atoms with Crippen LogP contribution in [0.4, 0.5) is 0 Å². The van der Waals surface area contributed by atoms with E-state index in [9.17, 15) is 4.79 Å². The van der Waals surface area contributed by atoms with Gasteiger partial charge >= 0.3 is 0 Å². The number of hydrogen-bond acceptors (Lipinski definition) is 5. The molecule has 3 aromatic rings. The smallest absolute Gasteiger partial charge is 0.223 e. The Morgan fingerprint density at radius 2 is 2.24 bits per heavy atom. The first kappa shape index (κ1) is 13.7. The minimum absolute atomic E-state index is 0.0747. The van der Waals surface area contributed by atoms with E-state index in [0.717, 1.165) is 21.0 Å². The Hall–Kier alpha value is -2.28. The van der Waals surface area contributed by atoms with Gasteiger partial charge in [0.1, 0.15) is 17.2 Å². The number of H-pyrrole nitrogens is 1. The third kappa shape index (κ3) is 3.25. The summed E-state index contributed by atoms with van der Waals surface area (Å²) in [7, 11) is 1.80. The normalized spacial score (nSPS) is 10.9. The fraction of sp³-hybridized carbons (Fsp3) is 0.286. The summed E-state index contributed by atoms with van der Waals surface area (Å²) >= 11 is 1.63. The highest BCUT2D eigenvalue weighted by Gasteiger charge is 2.12. The molecule has 2 heterocycles. The number of para-hydroxylation sites is 1. The van der Waals surface area contributed by atoms with Gasteiger partial charge in [-0.1, -0.05) is 12.1 Å². The molecule has 0 aliphatic carbocycles. The van der Waals surface area contributed by atoms with Crippen LogP contribution in [-0.2, 0) is 17.8 Å². The summed E-state index contributed by atoms with van der Waals surface area (Å²) in [6.45, 7) is 0.536. The second-order valence-corrected chi connectivity index (χ2v) is 5.87. The van der Waals surface area contributed by atoms with E-state index in [2.05, 4.69) is 20.2 Å². The molecule has 1 N–H and O–H groups in total. The summed E-state index contributed by atoms with van der Waals surface area (Å²) in [4.78, 5) is 22.4. The maximum atomic E-state index is 12.1. The van der Waals surface area contributed by atoms with Gasteiger partial charge in [-0.15, -0.1) is 11.3 Å². The molecule has 1 aromatic carbocycles. The molecule has 6 nitrogen and oxygen atoms in total. The third-order valence-electron chi connectivity index (χ3n) is 3.18. The largest absolute Gasteiger partial charge is 0.339 e. The molecule has 0 bridgehead atoms. The van der Waals surface area contributed by atoms with E-state index in [1.165, 1.54) is 6.33 Å². The fourth-order valence-corrected chi connectivity index (χ4v) is 3.07. The monoisotopic (exact) mass is 301 g/mol. The van der Waals surface area contributed by atoms with E-state index in [1.807, 2.05) is 24.3 Å². The van der Waals surface area contributed by atoms with E-state index in [-0.39, 0.29) is 5.91 Å². The van der Waals surface area contributed by atoms with Crippen molar-refractivity contribution in [2.24, 2.45) is 0 Å². The van der Waals surface area contributed by atoms with Gasteiger partial charge in [0.25, 0.3) is 0 Å². The molecule has 2 aromatic heterocycles. The average molecular weight is 301 g/mol. The van der Waals surface area contributed by atoms with Crippen molar-refractivity contribution in [1.29, 1.82) is 0 Å². The van der Waals surface area contributed by atoms with Crippen molar-refractivity contribution in [3.63, 3.8) is 0 Å². The molecular weight excluding hydrogens is 286 g/mol. The van der Waals surface area contributed by atoms with Crippen molar-refractivity contribution < 1.29 is 4.79 Å². The first-order valence-electron chi connectivity index (χ1n) is 6.65. The summed E-state index contributed by atoms with van der Waals surface area (Å²) in [5.41, 5.74) is 0.986. The SMILES string of the molecule is CN(Cc1nc2ccccc2s1)C(=O)CCc1ncn[nH]1. The quantitative estimate of drug-likeness (QED) is 0.782. The third-order valence-corrected chi connectivity index (χ3v) is 4.20. The molecule has 0 aliphatic heterocycles. The molecule has 108 valence electrons. The number of rotatable bonds is 5. The summed E-state index contributed by atoms with van der Waals surface area (Å²) in [6.07, 6.45) is 2.43. The fourth-order valence-electron chi connectivity index (χ4n) is 2.05. The van der Waals surface area contributed by atoms with Crippen molar-refractivity contribution in [3.8, 4) is 0 Å². The number of aromatic amines is 1. The molecule has 0 saturated heterocycles. The summed E-state index contributed by atoms with van der Waals surface area (Å²) in [5, 5.41) is 7.48. The maximum Gasteiger partial charge on any atom is 0.223 e. The number of benzene rings is 1. The number of fused-ring (bicyclic) bond motifs is 1. The first-order chi connectivity index (χ1) is 10.2. The minimum atomic E-state index is 0.0747. The van der Waals surface area contributed by atoms with E-state index in [0.29, 0.717) is 19.4 Å². The van der Waals surface area contributed by atoms with Crippen LogP contribution in [0.5, 0.6) is 0 Å². The average Bonchev–Trinajstić information content (AvgIpc) is 3.13. The molecule has 0 aliphatic rings. The molecule has 0 saturated carbocycles. The van der Waals surface area contributed by atoms with Crippen molar-refractivity contribution in [1.82, 2.24) is 25.1 Å². The Balaban J connectivity index is 1.59. The van der Waals surface area contributed by atoms with Crippen LogP contribution in [0, 0.1) is 0 Å². The van der Waals surface area contributed by atoms with Gasteiger partial charge in [0.05, 0.1) is 16.8 Å². The van der Waals surface area contributed by atoms with E-state index < -0.39 is 0 Å². The zero-order valence-corrected chi connectivity index (χ0v) is 12.4. The van der Waals surface area contributed by atoms with Crippen LogP contribution < -0.4 is 0 Å². The van der Waals surface area contributed by atoms with Gasteiger partial charge in [-0.3, -0.25) is 9.89 Å². The highest BCUT2D eigenvalue weighted by Crippen LogP contribution is 2.22. The van der Waals surface area contributed by atoms with Crippen molar-refractivity contribution in [2.75, 3.05) is 7.05 Å². The molecule has 21 heavy (non-hydrogen) atoms. The Morgan fingerprint density at radius 3 is 3.00 bits per heavy atom. The molecule has 0 radical (unpaired) electrons. The van der Waals surface area contributed by atoms with Gasteiger partial charge in [-0.2, -0.15) is 5.10 Å². The lowest BCUT2D eigenvalue weighted by Crippen LogP contribution is -2.26. The lowest BCUT2D eigenvalue weighted by atomic mass is 10.2. The zero-order valence-electron chi connectivity index (χ0n) is 11.6. The van der Waals surface area contributed by atoms with E-state index in [1.54, 1.807) is 23.3 Å². The highest BCUT2D eigenvalue weighted by molar-refractivity contribution is 7.18. The minimum Gasteiger partial charge on any atom is -0.339 e. The van der Waals surface area contributed by atoms with E-state index >= 15 is 0 Å². The molecule has 0 unspecified atom stereocenters. The number of carbonyl (C=O) groups is 1. The second kappa shape index (κ2) is 6.01. The Bertz CT molecular complexity index is 704. The molecule has 1 amide bonds. The Kier molecular flexibility index (Phi) is 3.92. The number of thiazole rings is 1. The highest BCUT2D eigenvalue weighted by atomic mass is 32.1. The second-order valence-electron chi connectivity index (χ2n) is 4.76. The van der Waals surface area contributed by atoms with Crippen molar-refractivity contribution in [2.45, 2.75) is 19.4 Å². The van der Waals surface area contributed by atoms with Gasteiger partial charge in [0, 0.05) is 19.9 Å². The van der Waals surface area contributed by atoms with Gasteiger partial charge in [-0.25, -0.2) is 9.97 Å². The molecule has 0 fully saturated rings. The summed E-state index contributed by atoms with van der Waals surface area (Å²) < 4.78 is 1.15. The van der Waals surface area contributed by atoms with Gasteiger partial charge in [0.2, 0.25) is 5.91 Å². The summed E-state index contributed by atoms with van der Waals surface area (Å²) in [5.74, 6) is 0.808. The lowest BCUT2D eigenvalue weighted by molar-refractivity contribution is -0.130. The number of amides is 1. The number of nitrogens with one attached hydrogen (secondary N) is 1. The molecule has 7 heteroatoms. The van der Waals surface area contributed by atoms with Crippen LogP contribution in [0.1, 0.15) is 17.3 Å². The van der Waals surface area contributed by atoms with Crippen LogP contribution in [-0.4, -0.2) is 38.0 Å². The van der Waals surface area contributed by atoms with Crippen LogP contribution in [0.2, 0.25) is 0 Å². The number of aryl methyl sites for hydroxylation is 1. The molecule has 0 spiro atoms. The zero-order chi connectivity index (χ0) is 14.7. The molecule has 3 rings (SSSR count). The molecular formula is C14H15N5OS. The summed E-state index contributed by atoms with van der Waals surface area (Å²) in [6, 6.07) is 8.00. The van der Waals surface area contributed by atoms with Crippen LogP contribution in [0.25, 0.3) is 10.2 Å². The predicted octanol–water partition coefficient (Wildman–Crippen LogP) is 2.01. The van der Waals surface area contributed by atoms with Gasteiger partial charge < -0.3 is 4.90 Å². The van der Waals surface area contributed by atoms with Crippen LogP contribution in [0.3, 0.4) is 0 Å². The first-order valence-corrected chi connectivity index (χ1v) is 7.46. The number of carbonyl (C=O) groups excluding carboxylic acids is 1. The lowest BCUT2D eigenvalue weighted by Gasteiger charge is -2.15. The molecule has 0 atom stereocenters. The number of aromatic nitrogens is 4. The van der Waals surface area contributed by atoms with E-state index in [4.69, 9.17) is 0 Å². The standard InChI is InChI=1S/C14H15N5OS/c1-19(14(20)7-6-12-15-9-16-18-12)8-13-17-10-4-2-3-5-11(10)21-13/h2-5,9H,6-8H2,1H3,(H,15,16,18). The maximum absolute atomic E-state index is 12.1. The van der Waals surface area contributed by atoms with Crippen LogP contribution in [0.15, 0.2) is 30.6 Å². The Labute approximate surface area is 125 Å². The van der Waals surface area contributed by atoms with Crippen LogP contribution >= 0.6 is 11.3 Å². The van der Waals surface area contributed by atoms with Crippen molar-refractivity contribution in [3.05, 3.63) is 41.4 Å². The van der Waals surface area contributed by atoms with Crippen molar-refractivity contribution >= 4 is 27.5 Å². The topological polar surface area (TPSA) is 74.8 Å². The van der Waals surface area contributed by atoms with Gasteiger partial charge in [0.15, 0.2) is 0 Å². The predicted molar refractivity (Wildman–Crippen MR) is 80.8 cm³/mol. The Morgan fingerprint density at radius 1 is 1.38 bits per heavy atom. The number of hydrogen-bond donors (Lipinski definition) is 1.